The first-order chi connectivity index (χ1) is 10.7. The maximum atomic E-state index is 11.9. The Kier molecular flexibility index (Phi) is 6.12. The van der Waals surface area contributed by atoms with Gasteiger partial charge in [-0.05, 0) is 17.7 Å². The van der Waals surface area contributed by atoms with E-state index in [2.05, 4.69) is 20.6 Å². The number of amides is 1. The molecule has 6 nitrogen and oxygen atoms in total. The van der Waals surface area contributed by atoms with Crippen molar-refractivity contribution in [3.8, 4) is 0 Å². The molecular weight excluding hydrogens is 304 g/mol. The van der Waals surface area contributed by atoms with Crippen LogP contribution in [-0.2, 0) is 11.3 Å². The van der Waals surface area contributed by atoms with Crippen molar-refractivity contribution >= 4 is 23.5 Å². The fourth-order valence-corrected chi connectivity index (χ4v) is 1.95. The lowest BCUT2D eigenvalue weighted by Crippen LogP contribution is -2.28. The lowest BCUT2D eigenvalue weighted by Gasteiger charge is -2.08. The normalized spacial score (nSPS) is 10.3. The van der Waals surface area contributed by atoms with Gasteiger partial charge in [0.15, 0.2) is 0 Å². The van der Waals surface area contributed by atoms with E-state index < -0.39 is 0 Å². The van der Waals surface area contributed by atoms with E-state index in [1.165, 1.54) is 6.20 Å². The fraction of sp³-hybridized carbons (Fsp3) is 0.267. The highest BCUT2D eigenvalue weighted by molar-refractivity contribution is 6.31. The highest BCUT2D eigenvalue weighted by Gasteiger charge is 2.08. The number of methoxy groups -OCH3 is 1. The van der Waals surface area contributed by atoms with Gasteiger partial charge in [0.2, 0.25) is 5.95 Å². The summed E-state index contributed by atoms with van der Waals surface area (Å²) in [7, 11) is 1.58. The minimum atomic E-state index is -0.264. The molecule has 0 aliphatic heterocycles. The first-order valence-corrected chi connectivity index (χ1v) is 7.16. The van der Waals surface area contributed by atoms with Crippen molar-refractivity contribution in [1.29, 1.82) is 0 Å². The largest absolute Gasteiger partial charge is 0.383 e. The topological polar surface area (TPSA) is 76.1 Å². The standard InChI is InChI=1S/C15H17ClN4O2/c1-22-9-8-17-14(21)13-6-7-18-15(20-13)19-10-11-4-2-3-5-12(11)16/h2-7H,8-10H2,1H3,(H,17,21)(H,18,19,20). The molecule has 0 aliphatic carbocycles. The summed E-state index contributed by atoms with van der Waals surface area (Å²) < 4.78 is 4.88. The number of ether oxygens (including phenoxy) is 1. The number of aromatic nitrogens is 2. The quantitative estimate of drug-likeness (QED) is 0.764. The van der Waals surface area contributed by atoms with Crippen LogP contribution in [0.25, 0.3) is 0 Å². The highest BCUT2D eigenvalue weighted by Crippen LogP contribution is 2.15. The molecule has 0 bridgehead atoms. The summed E-state index contributed by atoms with van der Waals surface area (Å²) in [6.45, 7) is 1.37. The smallest absolute Gasteiger partial charge is 0.270 e. The summed E-state index contributed by atoms with van der Waals surface area (Å²) in [6.07, 6.45) is 1.53. The Morgan fingerprint density at radius 1 is 1.32 bits per heavy atom. The Morgan fingerprint density at radius 2 is 2.14 bits per heavy atom. The Morgan fingerprint density at radius 3 is 2.91 bits per heavy atom. The Bertz CT molecular complexity index is 636. The molecule has 116 valence electrons. The summed E-state index contributed by atoms with van der Waals surface area (Å²) in [5, 5.41) is 6.43. The predicted octanol–water partition coefficient (Wildman–Crippen LogP) is 2.12. The van der Waals surface area contributed by atoms with E-state index in [1.807, 2.05) is 24.3 Å². The SMILES string of the molecule is COCCNC(=O)c1ccnc(NCc2ccccc2Cl)n1. The number of nitrogens with one attached hydrogen (secondary N) is 2. The van der Waals surface area contributed by atoms with Crippen molar-refractivity contribution in [1.82, 2.24) is 15.3 Å². The highest BCUT2D eigenvalue weighted by atomic mass is 35.5. The summed E-state index contributed by atoms with van der Waals surface area (Å²) in [5.41, 5.74) is 1.23. The maximum Gasteiger partial charge on any atom is 0.270 e. The first kappa shape index (κ1) is 16.2. The van der Waals surface area contributed by atoms with E-state index in [4.69, 9.17) is 16.3 Å². The van der Waals surface area contributed by atoms with E-state index in [9.17, 15) is 4.79 Å². The van der Waals surface area contributed by atoms with Crippen LogP contribution < -0.4 is 10.6 Å². The summed E-state index contributed by atoms with van der Waals surface area (Å²) in [5.74, 6) is 0.111. The molecule has 1 heterocycles. The van der Waals surface area contributed by atoms with Crippen molar-refractivity contribution in [2.45, 2.75) is 6.54 Å². The number of hydrogen-bond acceptors (Lipinski definition) is 5. The molecule has 0 spiro atoms. The summed E-state index contributed by atoms with van der Waals surface area (Å²) in [4.78, 5) is 20.2. The van der Waals surface area contributed by atoms with Gasteiger partial charge in [0.1, 0.15) is 5.69 Å². The van der Waals surface area contributed by atoms with Crippen LogP contribution in [0.2, 0.25) is 5.02 Å². The monoisotopic (exact) mass is 320 g/mol. The van der Waals surface area contributed by atoms with Crippen LogP contribution >= 0.6 is 11.6 Å². The van der Waals surface area contributed by atoms with Crippen LogP contribution in [0.15, 0.2) is 36.5 Å². The van der Waals surface area contributed by atoms with Crippen LogP contribution in [0.1, 0.15) is 16.1 Å². The Labute approximate surface area is 133 Å². The number of carbonyl (C=O) groups excluding carboxylic acids is 1. The zero-order valence-electron chi connectivity index (χ0n) is 12.2. The third-order valence-corrected chi connectivity index (χ3v) is 3.24. The number of carbonyl (C=O) groups is 1. The molecule has 2 N–H and O–H groups in total. The molecule has 0 unspecified atom stereocenters. The Hall–Kier alpha value is -2.18. The first-order valence-electron chi connectivity index (χ1n) is 6.78. The second-order valence-corrected chi connectivity index (χ2v) is 4.87. The van der Waals surface area contributed by atoms with Gasteiger partial charge in [0.25, 0.3) is 5.91 Å². The molecule has 2 aromatic rings. The average molecular weight is 321 g/mol. The van der Waals surface area contributed by atoms with E-state index in [1.54, 1.807) is 13.2 Å². The average Bonchev–Trinajstić information content (AvgIpc) is 2.54. The van der Waals surface area contributed by atoms with Gasteiger partial charge in [0, 0.05) is 31.4 Å². The molecule has 0 fully saturated rings. The number of anilines is 1. The predicted molar refractivity (Wildman–Crippen MR) is 85.0 cm³/mol. The minimum Gasteiger partial charge on any atom is -0.383 e. The van der Waals surface area contributed by atoms with Gasteiger partial charge in [-0.25, -0.2) is 9.97 Å². The van der Waals surface area contributed by atoms with E-state index in [0.717, 1.165) is 5.56 Å². The van der Waals surface area contributed by atoms with Crippen molar-refractivity contribution < 1.29 is 9.53 Å². The van der Waals surface area contributed by atoms with Crippen LogP contribution in [0, 0.1) is 0 Å². The number of benzene rings is 1. The van der Waals surface area contributed by atoms with Crippen molar-refractivity contribution in [2.24, 2.45) is 0 Å². The number of nitrogens with zero attached hydrogens (tertiary/aromatic N) is 2. The van der Waals surface area contributed by atoms with Crippen LogP contribution in [0.4, 0.5) is 5.95 Å². The van der Waals surface area contributed by atoms with Gasteiger partial charge >= 0.3 is 0 Å². The molecule has 0 saturated carbocycles. The van der Waals surface area contributed by atoms with Crippen molar-refractivity contribution in [3.05, 3.63) is 52.8 Å². The second-order valence-electron chi connectivity index (χ2n) is 4.46. The molecule has 0 saturated heterocycles. The van der Waals surface area contributed by atoms with Crippen molar-refractivity contribution in [2.75, 3.05) is 25.6 Å². The molecule has 1 amide bonds. The molecule has 2 rings (SSSR count). The van der Waals surface area contributed by atoms with Crippen LogP contribution in [-0.4, -0.2) is 36.1 Å². The summed E-state index contributed by atoms with van der Waals surface area (Å²) >= 11 is 6.09. The summed E-state index contributed by atoms with van der Waals surface area (Å²) in [6, 6.07) is 9.06. The molecule has 0 radical (unpaired) electrons. The number of halogens is 1. The third kappa shape index (κ3) is 4.68. The lowest BCUT2D eigenvalue weighted by atomic mass is 10.2. The lowest BCUT2D eigenvalue weighted by molar-refractivity contribution is 0.0932. The maximum absolute atomic E-state index is 11.9. The van der Waals surface area contributed by atoms with Gasteiger partial charge in [0.05, 0.1) is 6.61 Å². The van der Waals surface area contributed by atoms with E-state index >= 15 is 0 Å². The number of rotatable bonds is 7. The second kappa shape index (κ2) is 8.31. The zero-order valence-corrected chi connectivity index (χ0v) is 12.9. The molecule has 7 heteroatoms. The van der Waals surface area contributed by atoms with Gasteiger partial charge in [-0.15, -0.1) is 0 Å². The molecule has 1 aromatic carbocycles. The minimum absolute atomic E-state index is 0.264. The van der Waals surface area contributed by atoms with Crippen LogP contribution in [0.3, 0.4) is 0 Å². The van der Waals surface area contributed by atoms with Gasteiger partial charge < -0.3 is 15.4 Å². The van der Waals surface area contributed by atoms with Gasteiger partial charge in [-0.2, -0.15) is 0 Å². The van der Waals surface area contributed by atoms with Crippen molar-refractivity contribution in [3.63, 3.8) is 0 Å². The molecule has 0 aliphatic rings. The molecule has 0 atom stereocenters. The van der Waals surface area contributed by atoms with E-state index in [-0.39, 0.29) is 5.91 Å². The van der Waals surface area contributed by atoms with E-state index in [0.29, 0.717) is 36.4 Å². The molecular formula is C15H17ClN4O2. The fourth-order valence-electron chi connectivity index (χ4n) is 1.74. The zero-order chi connectivity index (χ0) is 15.8. The van der Waals surface area contributed by atoms with Crippen LogP contribution in [0.5, 0.6) is 0 Å². The van der Waals surface area contributed by atoms with Gasteiger partial charge in [-0.1, -0.05) is 29.8 Å². The molecule has 22 heavy (non-hydrogen) atoms. The van der Waals surface area contributed by atoms with Gasteiger partial charge in [-0.3, -0.25) is 4.79 Å². The Balaban J connectivity index is 1.96. The molecule has 1 aromatic heterocycles. The third-order valence-electron chi connectivity index (χ3n) is 2.87. The number of hydrogen-bond donors (Lipinski definition) is 2.